The Morgan fingerprint density at radius 3 is 2.65 bits per heavy atom. The number of anilines is 2. The summed E-state index contributed by atoms with van der Waals surface area (Å²) in [5, 5.41) is 1.76. The highest BCUT2D eigenvalue weighted by Gasteiger charge is 2.27. The molecule has 0 spiro atoms. The van der Waals surface area contributed by atoms with E-state index >= 15 is 0 Å². The van der Waals surface area contributed by atoms with Gasteiger partial charge in [-0.1, -0.05) is 11.6 Å². The molecule has 0 unspecified atom stereocenters. The summed E-state index contributed by atoms with van der Waals surface area (Å²) in [4.78, 5) is 25.0. The Kier molecular flexibility index (Phi) is 7.03. The van der Waals surface area contributed by atoms with Gasteiger partial charge in [-0.15, -0.1) is 0 Å². The Hall–Kier alpha value is -3.63. The number of carbonyl (C=O) groups excluding carboxylic acids is 1. The number of aromatic nitrogens is 3. The van der Waals surface area contributed by atoms with Gasteiger partial charge in [0.15, 0.2) is 0 Å². The standard InChI is InChI=1S/C26H27ClN6O3S/c1-19-17-32(22-3-5-23(6-4-22)37(35,36)30-25-8-11-28-18-29-25)14-15-33(19)26(34)10-13-31-12-9-20-16-21(27)2-7-24(20)31/h2-9,11-12,16,18-19H,10,13-15,17H2,1H3,(H,28,29,30)/t19-/m0/s1. The molecule has 5 rings (SSSR count). The van der Waals surface area contributed by atoms with Gasteiger partial charge in [0.2, 0.25) is 5.91 Å². The molecule has 11 heteroatoms. The maximum Gasteiger partial charge on any atom is 0.263 e. The van der Waals surface area contributed by atoms with Crippen molar-refractivity contribution in [3.05, 3.63) is 78.3 Å². The maximum atomic E-state index is 13.0. The number of nitrogens with one attached hydrogen (secondary N) is 1. The number of benzene rings is 2. The van der Waals surface area contributed by atoms with Crippen molar-refractivity contribution in [3.8, 4) is 0 Å². The Labute approximate surface area is 220 Å². The number of hydrogen-bond acceptors (Lipinski definition) is 6. The van der Waals surface area contributed by atoms with E-state index in [4.69, 9.17) is 11.6 Å². The zero-order valence-corrected chi connectivity index (χ0v) is 21.9. The molecule has 0 saturated carbocycles. The minimum absolute atomic E-state index is 0.0318. The molecule has 2 aromatic carbocycles. The van der Waals surface area contributed by atoms with Gasteiger partial charge in [-0.25, -0.2) is 18.4 Å². The Morgan fingerprint density at radius 2 is 1.92 bits per heavy atom. The van der Waals surface area contributed by atoms with Gasteiger partial charge in [0.1, 0.15) is 12.1 Å². The van der Waals surface area contributed by atoms with E-state index in [1.807, 2.05) is 42.3 Å². The highest BCUT2D eigenvalue weighted by molar-refractivity contribution is 7.92. The molecule has 1 fully saturated rings. The summed E-state index contributed by atoms with van der Waals surface area (Å²) in [5.74, 6) is 0.336. The summed E-state index contributed by atoms with van der Waals surface area (Å²) in [6.07, 6.45) is 5.16. The van der Waals surface area contributed by atoms with Crippen molar-refractivity contribution in [1.82, 2.24) is 19.4 Å². The molecule has 4 aromatic rings. The summed E-state index contributed by atoms with van der Waals surface area (Å²) in [5.41, 5.74) is 1.98. The van der Waals surface area contributed by atoms with Crippen LogP contribution in [-0.4, -0.2) is 59.4 Å². The van der Waals surface area contributed by atoms with E-state index in [9.17, 15) is 13.2 Å². The fourth-order valence-corrected chi connectivity index (χ4v) is 5.86. The Morgan fingerprint density at radius 1 is 1.11 bits per heavy atom. The summed E-state index contributed by atoms with van der Waals surface area (Å²) < 4.78 is 29.8. The SMILES string of the molecule is C[C@H]1CN(c2ccc(S(=O)(=O)Nc3ccncn3)cc2)CCN1C(=O)CCn1ccc2cc(Cl)ccc21. The van der Waals surface area contributed by atoms with Crippen molar-refractivity contribution >= 4 is 49.9 Å². The summed E-state index contributed by atoms with van der Waals surface area (Å²) in [7, 11) is -3.75. The number of hydrogen-bond donors (Lipinski definition) is 1. The van der Waals surface area contributed by atoms with E-state index in [-0.39, 0.29) is 22.7 Å². The molecular weight excluding hydrogens is 512 g/mol. The average Bonchev–Trinajstić information content (AvgIpc) is 3.29. The average molecular weight is 539 g/mol. The van der Waals surface area contributed by atoms with E-state index in [1.165, 1.54) is 18.6 Å². The van der Waals surface area contributed by atoms with Crippen molar-refractivity contribution < 1.29 is 13.2 Å². The predicted octanol–water partition coefficient (Wildman–Crippen LogP) is 4.01. The maximum absolute atomic E-state index is 13.0. The fraction of sp³-hybridized carbons (Fsp3) is 0.269. The molecule has 1 aliphatic rings. The van der Waals surface area contributed by atoms with Gasteiger partial charge in [0.05, 0.1) is 4.90 Å². The molecule has 0 bridgehead atoms. The van der Waals surface area contributed by atoms with Crippen LogP contribution >= 0.6 is 11.6 Å². The molecule has 192 valence electrons. The molecule has 1 amide bonds. The summed E-state index contributed by atoms with van der Waals surface area (Å²) >= 11 is 6.08. The van der Waals surface area contributed by atoms with Crippen molar-refractivity contribution in [3.63, 3.8) is 0 Å². The third-order valence-corrected chi connectivity index (χ3v) is 8.19. The number of rotatable bonds is 7. The molecule has 3 heterocycles. The lowest BCUT2D eigenvalue weighted by Crippen LogP contribution is -2.54. The van der Waals surface area contributed by atoms with Crippen LogP contribution in [0.2, 0.25) is 5.02 Å². The van der Waals surface area contributed by atoms with Crippen molar-refractivity contribution in [2.24, 2.45) is 0 Å². The van der Waals surface area contributed by atoms with Gasteiger partial charge < -0.3 is 14.4 Å². The van der Waals surface area contributed by atoms with Gasteiger partial charge in [0.25, 0.3) is 10.0 Å². The molecule has 0 radical (unpaired) electrons. The van der Waals surface area contributed by atoms with E-state index in [0.29, 0.717) is 37.6 Å². The number of nitrogens with zero attached hydrogens (tertiary/aromatic N) is 5. The van der Waals surface area contributed by atoms with Gasteiger partial charge in [-0.2, -0.15) is 0 Å². The Balaban J connectivity index is 1.18. The third-order valence-electron chi connectivity index (χ3n) is 6.58. The minimum Gasteiger partial charge on any atom is -0.368 e. The molecule has 1 aliphatic heterocycles. The highest BCUT2D eigenvalue weighted by atomic mass is 35.5. The van der Waals surface area contributed by atoms with E-state index < -0.39 is 10.0 Å². The van der Waals surface area contributed by atoms with Gasteiger partial charge in [0, 0.05) is 72.6 Å². The second kappa shape index (κ2) is 10.4. The lowest BCUT2D eigenvalue weighted by Gasteiger charge is -2.41. The smallest absolute Gasteiger partial charge is 0.263 e. The highest BCUT2D eigenvalue weighted by Crippen LogP contribution is 2.24. The lowest BCUT2D eigenvalue weighted by molar-refractivity contribution is -0.133. The zero-order valence-electron chi connectivity index (χ0n) is 20.3. The minimum atomic E-state index is -3.75. The van der Waals surface area contributed by atoms with Crippen molar-refractivity contribution in [1.29, 1.82) is 0 Å². The number of aryl methyl sites for hydroxylation is 1. The van der Waals surface area contributed by atoms with Gasteiger partial charge in [-0.3, -0.25) is 9.52 Å². The fourth-order valence-electron chi connectivity index (χ4n) is 4.67. The molecule has 9 nitrogen and oxygen atoms in total. The van der Waals surface area contributed by atoms with E-state index in [0.717, 1.165) is 16.6 Å². The van der Waals surface area contributed by atoms with Crippen LogP contribution in [0.3, 0.4) is 0 Å². The molecule has 1 N–H and O–H groups in total. The normalized spacial score (nSPS) is 16.2. The number of amides is 1. The molecular formula is C26H27ClN6O3S. The van der Waals surface area contributed by atoms with Crippen LogP contribution in [0.25, 0.3) is 10.9 Å². The van der Waals surface area contributed by atoms with Gasteiger partial charge >= 0.3 is 0 Å². The van der Waals surface area contributed by atoms with Gasteiger partial charge in [-0.05, 0) is 61.5 Å². The zero-order chi connectivity index (χ0) is 26.0. The summed E-state index contributed by atoms with van der Waals surface area (Å²) in [6.45, 7) is 4.60. The van der Waals surface area contributed by atoms with Crippen molar-refractivity contribution in [2.45, 2.75) is 30.8 Å². The number of piperazine rings is 1. The topological polar surface area (TPSA) is 100 Å². The van der Waals surface area contributed by atoms with Crippen LogP contribution in [0.5, 0.6) is 0 Å². The van der Waals surface area contributed by atoms with Crippen molar-refractivity contribution in [2.75, 3.05) is 29.3 Å². The van der Waals surface area contributed by atoms with E-state index in [2.05, 4.69) is 24.2 Å². The molecule has 1 saturated heterocycles. The Bertz CT molecular complexity index is 1510. The van der Waals surface area contributed by atoms with Crippen LogP contribution in [0.4, 0.5) is 11.5 Å². The lowest BCUT2D eigenvalue weighted by atomic mass is 10.1. The first-order chi connectivity index (χ1) is 17.8. The first kappa shape index (κ1) is 25.0. The van der Waals surface area contributed by atoms with Crippen LogP contribution in [0.1, 0.15) is 13.3 Å². The first-order valence-electron chi connectivity index (χ1n) is 12.0. The van der Waals surface area contributed by atoms with Crippen LogP contribution in [0, 0.1) is 0 Å². The third kappa shape index (κ3) is 5.55. The number of carbonyl (C=O) groups is 1. The molecule has 37 heavy (non-hydrogen) atoms. The van der Waals surface area contributed by atoms with Crippen LogP contribution in [-0.2, 0) is 21.4 Å². The molecule has 2 aromatic heterocycles. The van der Waals surface area contributed by atoms with E-state index in [1.54, 1.807) is 24.3 Å². The van der Waals surface area contributed by atoms with Crippen LogP contribution in [0.15, 0.2) is 78.2 Å². The monoisotopic (exact) mass is 538 g/mol. The molecule has 1 atom stereocenters. The number of sulfonamides is 1. The quantitative estimate of drug-likeness (QED) is 0.381. The second-order valence-corrected chi connectivity index (χ2v) is 11.2. The molecule has 0 aliphatic carbocycles. The predicted molar refractivity (Wildman–Crippen MR) is 144 cm³/mol. The first-order valence-corrected chi connectivity index (χ1v) is 13.8. The van der Waals surface area contributed by atoms with Crippen LogP contribution < -0.4 is 9.62 Å². The largest absolute Gasteiger partial charge is 0.368 e. The second-order valence-electron chi connectivity index (χ2n) is 9.04. The summed E-state index contributed by atoms with van der Waals surface area (Å²) in [6, 6.07) is 16.0. The number of fused-ring (bicyclic) bond motifs is 1. The number of halogens is 1.